The zero-order valence-electron chi connectivity index (χ0n) is 15.4. The minimum atomic E-state index is 0. The Morgan fingerprint density at radius 3 is 2.67 bits per heavy atom. The third-order valence-electron chi connectivity index (χ3n) is 3.40. The lowest BCUT2D eigenvalue weighted by atomic mass is 10.2. The van der Waals surface area contributed by atoms with Crippen molar-refractivity contribution in [2.45, 2.75) is 46.0 Å². The van der Waals surface area contributed by atoms with Crippen LogP contribution in [0.25, 0.3) is 0 Å². The smallest absolute Gasteiger partial charge is 0.191 e. The Balaban J connectivity index is 0.00000529. The predicted octanol–water partition coefficient (Wildman–Crippen LogP) is 2.73. The van der Waals surface area contributed by atoms with Crippen molar-refractivity contribution >= 4 is 29.9 Å². The van der Waals surface area contributed by atoms with Crippen LogP contribution in [-0.2, 0) is 18.2 Å². The van der Waals surface area contributed by atoms with E-state index in [1.807, 2.05) is 17.9 Å². The van der Waals surface area contributed by atoms with E-state index >= 15 is 0 Å². The first-order valence-electron chi connectivity index (χ1n) is 8.83. The maximum atomic E-state index is 5.56. The van der Waals surface area contributed by atoms with Crippen molar-refractivity contribution in [1.82, 2.24) is 20.4 Å². The van der Waals surface area contributed by atoms with E-state index in [-0.39, 0.29) is 24.0 Å². The summed E-state index contributed by atoms with van der Waals surface area (Å²) in [5.74, 6) is 0.896. The van der Waals surface area contributed by atoms with E-state index in [0.29, 0.717) is 0 Å². The van der Waals surface area contributed by atoms with Crippen molar-refractivity contribution in [2.24, 2.45) is 12.0 Å². The molecule has 2 N–H and O–H groups in total. The lowest BCUT2D eigenvalue weighted by Crippen LogP contribution is -2.38. The molecule has 0 amide bonds. The molecule has 0 saturated heterocycles. The molecule has 0 aromatic carbocycles. The third kappa shape index (κ3) is 11.7. The molecule has 0 aliphatic heterocycles. The zero-order chi connectivity index (χ0) is 16.8. The number of aliphatic imine (C=N–C) groups is 1. The van der Waals surface area contributed by atoms with Crippen LogP contribution in [0.5, 0.6) is 0 Å². The molecule has 6 nitrogen and oxygen atoms in total. The maximum Gasteiger partial charge on any atom is 0.191 e. The number of hydrogen-bond acceptors (Lipinski definition) is 3. The molecule has 0 saturated carbocycles. The standard InChI is InChI=1S/C17H33N5O.HI/c1-4-6-12-23-13-8-11-20-17(18-5-2)19-10-7-9-16-14-21-22(3)15-16;/h14-15H,4-13H2,1-3H3,(H2,18,19,20);1H. The molecule has 1 heterocycles. The molecule has 24 heavy (non-hydrogen) atoms. The lowest BCUT2D eigenvalue weighted by molar-refractivity contribution is 0.129. The van der Waals surface area contributed by atoms with E-state index in [4.69, 9.17) is 4.74 Å². The first kappa shape index (κ1) is 23.2. The second kappa shape index (κ2) is 15.7. The highest BCUT2D eigenvalue weighted by Crippen LogP contribution is 2.00. The summed E-state index contributed by atoms with van der Waals surface area (Å²) < 4.78 is 7.40. The first-order valence-corrected chi connectivity index (χ1v) is 8.83. The molecule has 1 rings (SSSR count). The third-order valence-corrected chi connectivity index (χ3v) is 3.40. The van der Waals surface area contributed by atoms with Crippen LogP contribution in [0.2, 0.25) is 0 Å². The molecule has 0 spiro atoms. The van der Waals surface area contributed by atoms with E-state index in [0.717, 1.165) is 64.5 Å². The van der Waals surface area contributed by atoms with Crippen LogP contribution in [0.15, 0.2) is 17.4 Å². The van der Waals surface area contributed by atoms with Crippen molar-refractivity contribution in [1.29, 1.82) is 0 Å². The summed E-state index contributed by atoms with van der Waals surface area (Å²) in [4.78, 5) is 4.61. The number of aryl methyl sites for hydroxylation is 2. The van der Waals surface area contributed by atoms with Gasteiger partial charge in [-0.25, -0.2) is 0 Å². The van der Waals surface area contributed by atoms with Gasteiger partial charge in [-0.3, -0.25) is 9.67 Å². The van der Waals surface area contributed by atoms with Gasteiger partial charge in [0, 0.05) is 46.1 Å². The summed E-state index contributed by atoms with van der Waals surface area (Å²) in [5, 5.41) is 10.8. The van der Waals surface area contributed by atoms with Crippen LogP contribution in [-0.4, -0.2) is 48.6 Å². The Morgan fingerprint density at radius 2 is 2.00 bits per heavy atom. The molecule has 7 heteroatoms. The number of rotatable bonds is 12. The second-order valence-corrected chi connectivity index (χ2v) is 5.63. The predicted molar refractivity (Wildman–Crippen MR) is 111 cm³/mol. The fourth-order valence-electron chi connectivity index (χ4n) is 2.15. The monoisotopic (exact) mass is 451 g/mol. The Hall–Kier alpha value is -0.830. The van der Waals surface area contributed by atoms with E-state index in [1.165, 1.54) is 12.0 Å². The summed E-state index contributed by atoms with van der Waals surface area (Å²) in [7, 11) is 1.95. The minimum Gasteiger partial charge on any atom is -0.381 e. The summed E-state index contributed by atoms with van der Waals surface area (Å²) in [5.41, 5.74) is 1.27. The highest BCUT2D eigenvalue weighted by Gasteiger charge is 1.98. The molecule has 0 aliphatic carbocycles. The molecule has 1 aromatic rings. The topological polar surface area (TPSA) is 63.5 Å². The van der Waals surface area contributed by atoms with Crippen LogP contribution in [0, 0.1) is 0 Å². The Kier molecular flexibility index (Phi) is 15.1. The minimum absolute atomic E-state index is 0. The summed E-state index contributed by atoms with van der Waals surface area (Å²) in [6.07, 6.45) is 9.37. The van der Waals surface area contributed by atoms with Gasteiger partial charge in [0.05, 0.1) is 6.20 Å². The van der Waals surface area contributed by atoms with Gasteiger partial charge in [-0.05, 0) is 38.2 Å². The number of ether oxygens (including phenoxy) is 1. The molecule has 0 unspecified atom stereocenters. The van der Waals surface area contributed by atoms with Gasteiger partial charge in [0.2, 0.25) is 0 Å². The molecular weight excluding hydrogens is 417 g/mol. The highest BCUT2D eigenvalue weighted by atomic mass is 127. The summed E-state index contributed by atoms with van der Waals surface area (Å²) >= 11 is 0. The Labute approximate surface area is 163 Å². The molecule has 0 atom stereocenters. The fraction of sp³-hybridized carbons (Fsp3) is 0.765. The summed E-state index contributed by atoms with van der Waals surface area (Å²) in [6, 6.07) is 0. The second-order valence-electron chi connectivity index (χ2n) is 5.63. The van der Waals surface area contributed by atoms with Gasteiger partial charge >= 0.3 is 0 Å². The van der Waals surface area contributed by atoms with Crippen molar-refractivity contribution in [3.05, 3.63) is 18.0 Å². The number of nitrogens with one attached hydrogen (secondary N) is 2. The maximum absolute atomic E-state index is 5.56. The molecule has 140 valence electrons. The van der Waals surface area contributed by atoms with E-state index in [9.17, 15) is 0 Å². The number of guanidine groups is 1. The zero-order valence-corrected chi connectivity index (χ0v) is 17.7. The number of aromatic nitrogens is 2. The largest absolute Gasteiger partial charge is 0.381 e. The van der Waals surface area contributed by atoms with Crippen LogP contribution >= 0.6 is 24.0 Å². The van der Waals surface area contributed by atoms with Gasteiger partial charge in [0.15, 0.2) is 5.96 Å². The average Bonchev–Trinajstić information content (AvgIpc) is 2.96. The van der Waals surface area contributed by atoms with E-state index in [1.54, 1.807) is 0 Å². The Bertz CT molecular complexity index is 436. The van der Waals surface area contributed by atoms with E-state index < -0.39 is 0 Å². The highest BCUT2D eigenvalue weighted by molar-refractivity contribution is 14.0. The molecule has 0 radical (unpaired) electrons. The Morgan fingerprint density at radius 1 is 1.21 bits per heavy atom. The average molecular weight is 451 g/mol. The van der Waals surface area contributed by atoms with Crippen LogP contribution in [0.1, 0.15) is 45.1 Å². The van der Waals surface area contributed by atoms with Gasteiger partial charge in [0.1, 0.15) is 0 Å². The normalized spacial score (nSPS) is 11.2. The van der Waals surface area contributed by atoms with Gasteiger partial charge in [-0.2, -0.15) is 5.10 Å². The molecule has 1 aromatic heterocycles. The van der Waals surface area contributed by atoms with Crippen LogP contribution in [0.3, 0.4) is 0 Å². The quantitative estimate of drug-likeness (QED) is 0.222. The first-order chi connectivity index (χ1) is 11.3. The summed E-state index contributed by atoms with van der Waals surface area (Å²) in [6.45, 7) is 8.53. The van der Waals surface area contributed by atoms with Gasteiger partial charge in [-0.1, -0.05) is 13.3 Å². The molecule has 0 aliphatic rings. The number of nitrogens with zero attached hydrogens (tertiary/aromatic N) is 3. The molecular formula is C17H34IN5O. The van der Waals surface area contributed by atoms with Crippen molar-refractivity contribution in [3.8, 4) is 0 Å². The van der Waals surface area contributed by atoms with E-state index in [2.05, 4.69) is 40.8 Å². The van der Waals surface area contributed by atoms with Gasteiger partial charge in [0.25, 0.3) is 0 Å². The van der Waals surface area contributed by atoms with Crippen LogP contribution < -0.4 is 10.6 Å². The van der Waals surface area contributed by atoms with Crippen LogP contribution in [0.4, 0.5) is 0 Å². The number of hydrogen-bond donors (Lipinski definition) is 2. The van der Waals surface area contributed by atoms with Gasteiger partial charge < -0.3 is 15.4 Å². The van der Waals surface area contributed by atoms with Crippen molar-refractivity contribution in [2.75, 3.05) is 32.8 Å². The number of halogens is 1. The number of unbranched alkanes of at least 4 members (excludes halogenated alkanes) is 1. The SMILES string of the molecule is CCCCOCCCNC(=NCCCc1cnn(C)c1)NCC.I. The molecule has 0 bridgehead atoms. The van der Waals surface area contributed by atoms with Crippen molar-refractivity contribution in [3.63, 3.8) is 0 Å². The fourth-order valence-corrected chi connectivity index (χ4v) is 2.15. The lowest BCUT2D eigenvalue weighted by Gasteiger charge is -2.11. The van der Waals surface area contributed by atoms with Crippen molar-refractivity contribution < 1.29 is 4.74 Å². The molecule has 0 fully saturated rings. The van der Waals surface area contributed by atoms with Gasteiger partial charge in [-0.15, -0.1) is 24.0 Å².